The molecule has 0 unspecified atom stereocenters. The Morgan fingerprint density at radius 1 is 1.29 bits per heavy atom. The molecule has 0 bridgehead atoms. The summed E-state index contributed by atoms with van der Waals surface area (Å²) in [5.41, 5.74) is 7.88. The molecule has 2 rings (SSSR count). The van der Waals surface area contributed by atoms with E-state index in [0.29, 0.717) is 6.54 Å². The Hall–Kier alpha value is -1.34. The maximum atomic E-state index is 5.47. The van der Waals surface area contributed by atoms with Crippen molar-refractivity contribution < 1.29 is 0 Å². The van der Waals surface area contributed by atoms with Gasteiger partial charge in [0, 0.05) is 18.7 Å². The lowest BCUT2D eigenvalue weighted by Gasteiger charge is -2.31. The van der Waals surface area contributed by atoms with Gasteiger partial charge in [-0.15, -0.1) is 0 Å². The normalized spacial score (nSPS) is 16.8. The smallest absolute Gasteiger partial charge is 0.0555 e. The first-order valence-electron chi connectivity index (χ1n) is 7.83. The molecule has 1 fully saturated rings. The number of likely N-dealkylation sites (tertiary alicyclic amines) is 1. The Bertz CT molecular complexity index is 493. The number of nitrogens with two attached hydrogens (primary N) is 1. The van der Waals surface area contributed by atoms with Gasteiger partial charge in [0.1, 0.15) is 0 Å². The molecule has 1 aliphatic heterocycles. The Morgan fingerprint density at radius 2 is 2.00 bits per heavy atom. The number of benzene rings is 1. The summed E-state index contributed by atoms with van der Waals surface area (Å²) < 4.78 is 0. The zero-order chi connectivity index (χ0) is 15.1. The van der Waals surface area contributed by atoms with Crippen molar-refractivity contribution in [2.75, 3.05) is 40.3 Å². The average molecular weight is 285 g/mol. The van der Waals surface area contributed by atoms with Crippen LogP contribution < -0.4 is 5.73 Å². The highest BCUT2D eigenvalue weighted by Gasteiger charge is 2.18. The topological polar surface area (TPSA) is 32.5 Å². The summed E-state index contributed by atoms with van der Waals surface area (Å²) in [5.74, 6) is 6.96. The van der Waals surface area contributed by atoms with Crippen LogP contribution in [0.25, 0.3) is 0 Å². The molecular weight excluding hydrogens is 258 g/mol. The van der Waals surface area contributed by atoms with Crippen molar-refractivity contribution in [3.63, 3.8) is 0 Å². The van der Waals surface area contributed by atoms with Gasteiger partial charge < -0.3 is 15.5 Å². The van der Waals surface area contributed by atoms with Crippen LogP contribution in [-0.4, -0.2) is 50.1 Å². The highest BCUT2D eigenvalue weighted by molar-refractivity contribution is 5.41. The molecule has 0 aromatic heterocycles. The lowest BCUT2D eigenvalue weighted by atomic mass is 9.96. The van der Waals surface area contributed by atoms with E-state index in [2.05, 4.69) is 53.9 Å². The lowest BCUT2D eigenvalue weighted by Crippen LogP contribution is -2.35. The van der Waals surface area contributed by atoms with Gasteiger partial charge in [-0.25, -0.2) is 0 Å². The Balaban J connectivity index is 1.92. The van der Waals surface area contributed by atoms with Crippen molar-refractivity contribution in [1.82, 2.24) is 9.80 Å². The SMILES string of the molecule is CN1CCC(CN(C)Cc2ccccc2C#CCN)CC1. The van der Waals surface area contributed by atoms with E-state index < -0.39 is 0 Å². The van der Waals surface area contributed by atoms with Crippen molar-refractivity contribution >= 4 is 0 Å². The Morgan fingerprint density at radius 3 is 2.71 bits per heavy atom. The van der Waals surface area contributed by atoms with Crippen LogP contribution in [0.5, 0.6) is 0 Å². The molecular formula is C18H27N3. The summed E-state index contributed by atoms with van der Waals surface area (Å²) in [6.07, 6.45) is 2.63. The molecule has 0 aliphatic carbocycles. The van der Waals surface area contributed by atoms with Gasteiger partial charge in [-0.1, -0.05) is 30.0 Å². The van der Waals surface area contributed by atoms with Gasteiger partial charge in [-0.2, -0.15) is 0 Å². The van der Waals surface area contributed by atoms with Gasteiger partial charge in [0.15, 0.2) is 0 Å². The molecule has 0 amide bonds. The summed E-state index contributed by atoms with van der Waals surface area (Å²) >= 11 is 0. The van der Waals surface area contributed by atoms with Crippen LogP contribution >= 0.6 is 0 Å². The number of nitrogens with zero attached hydrogens (tertiary/aromatic N) is 2. The zero-order valence-corrected chi connectivity index (χ0v) is 13.3. The molecule has 21 heavy (non-hydrogen) atoms. The fourth-order valence-electron chi connectivity index (χ4n) is 2.97. The number of piperidine rings is 1. The van der Waals surface area contributed by atoms with E-state index in [9.17, 15) is 0 Å². The summed E-state index contributed by atoms with van der Waals surface area (Å²) in [6, 6.07) is 8.39. The third kappa shape index (κ3) is 5.17. The van der Waals surface area contributed by atoms with Crippen LogP contribution in [0.3, 0.4) is 0 Å². The molecule has 3 heteroatoms. The third-order valence-corrected chi connectivity index (χ3v) is 4.19. The number of rotatable bonds is 4. The van der Waals surface area contributed by atoms with Gasteiger partial charge in [0.2, 0.25) is 0 Å². The van der Waals surface area contributed by atoms with Crippen LogP contribution in [0.4, 0.5) is 0 Å². The van der Waals surface area contributed by atoms with Gasteiger partial charge in [0.05, 0.1) is 6.54 Å². The van der Waals surface area contributed by atoms with E-state index in [-0.39, 0.29) is 0 Å². The van der Waals surface area contributed by atoms with Gasteiger partial charge in [0.25, 0.3) is 0 Å². The average Bonchev–Trinajstić information content (AvgIpc) is 2.49. The third-order valence-electron chi connectivity index (χ3n) is 4.19. The van der Waals surface area contributed by atoms with Crippen molar-refractivity contribution in [3.8, 4) is 11.8 Å². The standard InChI is InChI=1S/C18H27N3/c1-20-12-9-16(10-13-20)14-21(2)15-18-7-4-3-6-17(18)8-5-11-19/h3-4,6-7,16H,9-15,19H2,1-2H3. The minimum atomic E-state index is 0.416. The molecule has 1 saturated heterocycles. The van der Waals surface area contributed by atoms with Crippen LogP contribution in [0, 0.1) is 17.8 Å². The highest BCUT2D eigenvalue weighted by atomic mass is 15.1. The van der Waals surface area contributed by atoms with Crippen LogP contribution in [0.15, 0.2) is 24.3 Å². The van der Waals surface area contributed by atoms with Crippen LogP contribution in [-0.2, 0) is 6.54 Å². The molecule has 0 spiro atoms. The minimum absolute atomic E-state index is 0.416. The first-order valence-corrected chi connectivity index (χ1v) is 7.83. The maximum Gasteiger partial charge on any atom is 0.0555 e. The molecule has 1 heterocycles. The van der Waals surface area contributed by atoms with Gasteiger partial charge >= 0.3 is 0 Å². The molecule has 1 aromatic carbocycles. The predicted octanol–water partition coefficient (Wildman–Crippen LogP) is 1.77. The van der Waals surface area contributed by atoms with Crippen molar-refractivity contribution in [1.29, 1.82) is 0 Å². The largest absolute Gasteiger partial charge is 0.320 e. The molecule has 1 aliphatic rings. The Kier molecular flexibility index (Phi) is 6.25. The first kappa shape index (κ1) is 16.0. The van der Waals surface area contributed by atoms with Crippen LogP contribution in [0.1, 0.15) is 24.0 Å². The lowest BCUT2D eigenvalue weighted by molar-refractivity contribution is 0.173. The predicted molar refractivity (Wildman–Crippen MR) is 88.9 cm³/mol. The second-order valence-electron chi connectivity index (χ2n) is 6.11. The minimum Gasteiger partial charge on any atom is -0.320 e. The molecule has 0 radical (unpaired) electrons. The Labute approximate surface area is 129 Å². The summed E-state index contributed by atoms with van der Waals surface area (Å²) in [6.45, 7) is 5.02. The molecule has 114 valence electrons. The van der Waals surface area contributed by atoms with Crippen molar-refractivity contribution in [3.05, 3.63) is 35.4 Å². The summed E-state index contributed by atoms with van der Waals surface area (Å²) in [4.78, 5) is 4.85. The van der Waals surface area contributed by atoms with E-state index in [0.717, 1.165) is 18.0 Å². The number of hydrogen-bond donors (Lipinski definition) is 1. The second-order valence-corrected chi connectivity index (χ2v) is 6.11. The molecule has 2 N–H and O–H groups in total. The zero-order valence-electron chi connectivity index (χ0n) is 13.3. The van der Waals surface area contributed by atoms with Gasteiger partial charge in [-0.3, -0.25) is 0 Å². The summed E-state index contributed by atoms with van der Waals surface area (Å²) in [5, 5.41) is 0. The fraction of sp³-hybridized carbons (Fsp3) is 0.556. The molecule has 3 nitrogen and oxygen atoms in total. The monoisotopic (exact) mass is 285 g/mol. The van der Waals surface area contributed by atoms with E-state index in [1.54, 1.807) is 0 Å². The van der Waals surface area contributed by atoms with Crippen molar-refractivity contribution in [2.45, 2.75) is 19.4 Å². The fourth-order valence-corrected chi connectivity index (χ4v) is 2.97. The molecule has 0 saturated carbocycles. The molecule has 0 atom stereocenters. The molecule has 1 aromatic rings. The van der Waals surface area contributed by atoms with E-state index >= 15 is 0 Å². The van der Waals surface area contributed by atoms with E-state index in [1.807, 2.05) is 6.07 Å². The number of hydrogen-bond acceptors (Lipinski definition) is 3. The van der Waals surface area contributed by atoms with Crippen LogP contribution in [0.2, 0.25) is 0 Å². The van der Waals surface area contributed by atoms with E-state index in [4.69, 9.17) is 5.73 Å². The second kappa shape index (κ2) is 8.19. The maximum absolute atomic E-state index is 5.47. The van der Waals surface area contributed by atoms with Gasteiger partial charge in [-0.05, 0) is 57.6 Å². The van der Waals surface area contributed by atoms with E-state index in [1.165, 1.54) is 38.0 Å². The quantitative estimate of drug-likeness (QED) is 0.856. The highest BCUT2D eigenvalue weighted by Crippen LogP contribution is 2.18. The summed E-state index contributed by atoms with van der Waals surface area (Å²) in [7, 11) is 4.43. The first-order chi connectivity index (χ1) is 10.2. The van der Waals surface area contributed by atoms with Crippen molar-refractivity contribution in [2.24, 2.45) is 11.7 Å².